The van der Waals surface area contributed by atoms with Crippen LogP contribution in [0.3, 0.4) is 0 Å². The first kappa shape index (κ1) is 6.78. The van der Waals surface area contributed by atoms with E-state index in [-0.39, 0.29) is 15.4 Å². The van der Waals surface area contributed by atoms with Gasteiger partial charge in [0.1, 0.15) is 10.4 Å². The van der Waals surface area contributed by atoms with Gasteiger partial charge >= 0.3 is 0 Å². The lowest BCUT2D eigenvalue weighted by Crippen LogP contribution is -2.01. The summed E-state index contributed by atoms with van der Waals surface area (Å²) in [6.45, 7) is 0. The third-order valence-electron chi connectivity index (χ3n) is 1.24. The van der Waals surface area contributed by atoms with Gasteiger partial charge in [-0.05, 0) is 15.9 Å². The van der Waals surface area contributed by atoms with Gasteiger partial charge in [-0.3, -0.25) is 0 Å². The number of rotatable bonds is 2. The van der Waals surface area contributed by atoms with Crippen LogP contribution in [0.25, 0.3) is 0 Å². The number of halogens is 1. The SMILES string of the molecule is [2H]C([2H])([2H])Oc1cc(Br)nc(S(C)(=O)=O)c1. The van der Waals surface area contributed by atoms with E-state index in [2.05, 4.69) is 25.7 Å². The molecule has 0 aliphatic rings. The third-order valence-corrected chi connectivity index (χ3v) is 2.62. The topological polar surface area (TPSA) is 56.3 Å². The van der Waals surface area contributed by atoms with Crippen molar-refractivity contribution in [3.63, 3.8) is 0 Å². The molecule has 1 heterocycles. The molecule has 0 saturated carbocycles. The molecule has 1 aromatic rings. The maximum Gasteiger partial charge on any atom is 0.192 e. The van der Waals surface area contributed by atoms with Crippen molar-refractivity contribution >= 4 is 25.8 Å². The van der Waals surface area contributed by atoms with Crippen molar-refractivity contribution in [2.45, 2.75) is 5.03 Å². The standard InChI is InChI=1S/C7H8BrNO3S/c1-12-5-3-6(8)9-7(4-5)13(2,10)11/h3-4H,1-2H3/i1D3. The number of sulfone groups is 1. The molecule has 0 fully saturated rings. The summed E-state index contributed by atoms with van der Waals surface area (Å²) in [5, 5.41) is -0.249. The van der Waals surface area contributed by atoms with Gasteiger partial charge in [0.2, 0.25) is 0 Å². The van der Waals surface area contributed by atoms with Gasteiger partial charge in [-0.1, -0.05) is 0 Å². The van der Waals surface area contributed by atoms with Crippen LogP contribution >= 0.6 is 15.9 Å². The minimum Gasteiger partial charge on any atom is -0.497 e. The molecule has 0 N–H and O–H groups in total. The van der Waals surface area contributed by atoms with Crippen molar-refractivity contribution in [2.75, 3.05) is 13.3 Å². The normalized spacial score (nSPS) is 15.7. The average Bonchev–Trinajstić information content (AvgIpc) is 1.97. The van der Waals surface area contributed by atoms with Gasteiger partial charge in [0.25, 0.3) is 0 Å². The van der Waals surface area contributed by atoms with E-state index in [4.69, 9.17) is 4.11 Å². The highest BCUT2D eigenvalue weighted by Crippen LogP contribution is 2.20. The highest BCUT2D eigenvalue weighted by molar-refractivity contribution is 9.10. The summed E-state index contributed by atoms with van der Waals surface area (Å²) in [5.41, 5.74) is 0. The maximum atomic E-state index is 11.2. The van der Waals surface area contributed by atoms with Crippen LogP contribution in [-0.4, -0.2) is 26.7 Å². The van der Waals surface area contributed by atoms with Gasteiger partial charge in [0.15, 0.2) is 14.9 Å². The van der Waals surface area contributed by atoms with E-state index in [1.807, 2.05) is 0 Å². The maximum absolute atomic E-state index is 11.2. The van der Waals surface area contributed by atoms with Crippen molar-refractivity contribution in [1.82, 2.24) is 4.98 Å². The largest absolute Gasteiger partial charge is 0.497 e. The van der Waals surface area contributed by atoms with Crippen LogP contribution in [0.4, 0.5) is 0 Å². The Morgan fingerprint density at radius 3 is 2.85 bits per heavy atom. The fourth-order valence-corrected chi connectivity index (χ4v) is 1.83. The summed E-state index contributed by atoms with van der Waals surface area (Å²) >= 11 is 2.97. The highest BCUT2D eigenvalue weighted by Gasteiger charge is 2.11. The number of methoxy groups -OCH3 is 1. The highest BCUT2D eigenvalue weighted by atomic mass is 79.9. The average molecular weight is 269 g/mol. The minimum absolute atomic E-state index is 0.0812. The number of pyridine rings is 1. The molecule has 0 bridgehead atoms. The lowest BCUT2D eigenvalue weighted by molar-refractivity contribution is 0.412. The molecule has 0 aromatic carbocycles. The van der Waals surface area contributed by atoms with Crippen molar-refractivity contribution in [2.24, 2.45) is 0 Å². The summed E-state index contributed by atoms with van der Waals surface area (Å²) in [7, 11) is -6.14. The first-order chi connectivity index (χ1) is 7.08. The molecule has 4 nitrogen and oxygen atoms in total. The van der Waals surface area contributed by atoms with E-state index >= 15 is 0 Å². The summed E-state index contributed by atoms with van der Waals surface area (Å²) < 4.78 is 47.9. The molecular formula is C7H8BrNO3S. The number of ether oxygens (including phenoxy) is 1. The molecule has 0 aliphatic heterocycles. The Balaban J connectivity index is 3.19. The molecule has 72 valence electrons. The molecule has 0 unspecified atom stereocenters. The second-order valence-corrected chi connectivity index (χ2v) is 5.11. The second-order valence-electron chi connectivity index (χ2n) is 2.34. The first-order valence-electron chi connectivity index (χ1n) is 4.64. The molecule has 0 amide bonds. The predicted molar refractivity (Wildman–Crippen MR) is 51.6 cm³/mol. The summed E-state index contributed by atoms with van der Waals surface area (Å²) in [6, 6.07) is 2.34. The van der Waals surface area contributed by atoms with Crippen LogP contribution in [0, 0.1) is 0 Å². The molecule has 1 aromatic heterocycles. The Morgan fingerprint density at radius 1 is 1.62 bits per heavy atom. The van der Waals surface area contributed by atoms with Crippen LogP contribution in [-0.2, 0) is 9.84 Å². The molecule has 13 heavy (non-hydrogen) atoms. The van der Waals surface area contributed by atoms with Crippen LogP contribution in [0.15, 0.2) is 21.8 Å². The van der Waals surface area contributed by atoms with Crippen molar-refractivity contribution in [3.05, 3.63) is 16.7 Å². The Hall–Kier alpha value is -0.620. The smallest absolute Gasteiger partial charge is 0.192 e. The first-order valence-corrected chi connectivity index (χ1v) is 5.83. The van der Waals surface area contributed by atoms with Gasteiger partial charge < -0.3 is 4.74 Å². The number of hydrogen-bond donors (Lipinski definition) is 0. The predicted octanol–water partition coefficient (Wildman–Crippen LogP) is 1.26. The fraction of sp³-hybridized carbons (Fsp3) is 0.286. The Bertz CT molecular complexity index is 500. The van der Waals surface area contributed by atoms with Gasteiger partial charge in [0.05, 0.1) is 11.2 Å². The number of hydrogen-bond acceptors (Lipinski definition) is 4. The number of aromatic nitrogens is 1. The van der Waals surface area contributed by atoms with Crippen molar-refractivity contribution in [3.8, 4) is 5.75 Å². The zero-order valence-electron chi connectivity index (χ0n) is 9.61. The van der Waals surface area contributed by atoms with Crippen molar-refractivity contribution in [1.29, 1.82) is 0 Å². The molecule has 0 saturated heterocycles. The van der Waals surface area contributed by atoms with Gasteiger partial charge in [0, 0.05) is 18.4 Å². The molecule has 0 spiro atoms. The van der Waals surface area contributed by atoms with Crippen LogP contribution in [0.2, 0.25) is 0 Å². The zero-order valence-corrected chi connectivity index (χ0v) is 9.02. The van der Waals surface area contributed by atoms with Gasteiger partial charge in [-0.25, -0.2) is 13.4 Å². The van der Waals surface area contributed by atoms with E-state index in [9.17, 15) is 8.42 Å². The Kier molecular flexibility index (Phi) is 1.89. The number of nitrogens with zero attached hydrogens (tertiary/aromatic N) is 1. The summed E-state index contributed by atoms with van der Waals surface area (Å²) in [5.74, 6) is -0.0812. The van der Waals surface area contributed by atoms with E-state index in [0.717, 1.165) is 12.3 Å². The van der Waals surface area contributed by atoms with E-state index in [0.29, 0.717) is 0 Å². The monoisotopic (exact) mass is 268 g/mol. The minimum atomic E-state index is -3.51. The summed E-state index contributed by atoms with van der Waals surface area (Å²) in [4.78, 5) is 3.70. The Morgan fingerprint density at radius 2 is 2.31 bits per heavy atom. The Labute approximate surface area is 89.2 Å². The van der Waals surface area contributed by atoms with Crippen molar-refractivity contribution < 1.29 is 17.3 Å². The van der Waals surface area contributed by atoms with E-state index in [1.165, 1.54) is 6.07 Å². The molecule has 0 aliphatic carbocycles. The molecule has 0 radical (unpaired) electrons. The van der Waals surface area contributed by atoms with Crippen LogP contribution < -0.4 is 4.74 Å². The summed E-state index contributed by atoms with van der Waals surface area (Å²) in [6.07, 6.45) is 0.973. The second kappa shape index (κ2) is 3.63. The molecule has 6 heteroatoms. The van der Waals surface area contributed by atoms with Crippen LogP contribution in [0.1, 0.15) is 4.11 Å². The van der Waals surface area contributed by atoms with Gasteiger partial charge in [-0.15, -0.1) is 0 Å². The third kappa shape index (κ3) is 2.67. The van der Waals surface area contributed by atoms with Gasteiger partial charge in [-0.2, -0.15) is 0 Å². The zero-order chi connectivity index (χ0) is 12.6. The lowest BCUT2D eigenvalue weighted by Gasteiger charge is -2.02. The molecule has 0 atom stereocenters. The van der Waals surface area contributed by atoms with E-state index in [1.54, 1.807) is 0 Å². The fourth-order valence-electron chi connectivity index (χ4n) is 0.699. The van der Waals surface area contributed by atoms with E-state index < -0.39 is 16.9 Å². The lowest BCUT2D eigenvalue weighted by atomic mass is 10.5. The molecule has 1 rings (SSSR count). The quantitative estimate of drug-likeness (QED) is 0.758. The van der Waals surface area contributed by atoms with Crippen LogP contribution in [0.5, 0.6) is 5.75 Å². The molecular weight excluding hydrogens is 258 g/mol.